The molecule has 0 saturated carbocycles. The van der Waals surface area contributed by atoms with Crippen LogP contribution in [0.4, 0.5) is 4.79 Å². The first-order valence-corrected chi connectivity index (χ1v) is 8.50. The van der Waals surface area contributed by atoms with Crippen LogP contribution in [0.5, 0.6) is 0 Å². The SMILES string of the molecule is C=C(N=C/C=C\N)OC1CCN(C(=O)NCc2ccccc2Cl)CC1. The largest absolute Gasteiger partial charge is 0.475 e. The number of rotatable bonds is 6. The van der Waals surface area contributed by atoms with Crippen LogP contribution in [0.1, 0.15) is 18.4 Å². The van der Waals surface area contributed by atoms with Crippen molar-refractivity contribution in [1.82, 2.24) is 10.2 Å². The molecule has 25 heavy (non-hydrogen) atoms. The molecule has 1 aliphatic heterocycles. The lowest BCUT2D eigenvalue weighted by molar-refractivity contribution is 0.0598. The quantitative estimate of drug-likeness (QED) is 0.603. The summed E-state index contributed by atoms with van der Waals surface area (Å²) in [6.45, 7) is 5.41. The van der Waals surface area contributed by atoms with E-state index >= 15 is 0 Å². The average molecular weight is 363 g/mol. The molecule has 0 aromatic heterocycles. The smallest absolute Gasteiger partial charge is 0.317 e. The minimum absolute atomic E-state index is 0.0131. The summed E-state index contributed by atoms with van der Waals surface area (Å²) < 4.78 is 5.67. The van der Waals surface area contributed by atoms with Crippen LogP contribution in [0.2, 0.25) is 5.02 Å². The third-order valence-electron chi connectivity index (χ3n) is 3.84. The predicted molar refractivity (Wildman–Crippen MR) is 100 cm³/mol. The van der Waals surface area contributed by atoms with Crippen LogP contribution in [0.15, 0.2) is 54.0 Å². The van der Waals surface area contributed by atoms with E-state index in [1.807, 2.05) is 24.3 Å². The highest BCUT2D eigenvalue weighted by molar-refractivity contribution is 6.31. The highest BCUT2D eigenvalue weighted by Crippen LogP contribution is 2.18. The molecule has 1 aliphatic rings. The Kier molecular flexibility index (Phi) is 7.35. The monoisotopic (exact) mass is 362 g/mol. The fraction of sp³-hybridized carbons (Fsp3) is 0.333. The molecule has 3 N–H and O–H groups in total. The summed E-state index contributed by atoms with van der Waals surface area (Å²) >= 11 is 6.09. The van der Waals surface area contributed by atoms with E-state index in [4.69, 9.17) is 22.1 Å². The van der Waals surface area contributed by atoms with Crippen LogP contribution in [0.3, 0.4) is 0 Å². The van der Waals surface area contributed by atoms with Gasteiger partial charge in [-0.25, -0.2) is 9.79 Å². The third kappa shape index (κ3) is 6.15. The number of ether oxygens (including phenoxy) is 1. The number of piperidine rings is 1. The lowest BCUT2D eigenvalue weighted by atomic mass is 10.1. The summed E-state index contributed by atoms with van der Waals surface area (Å²) in [6.07, 6.45) is 6.00. The number of halogens is 1. The lowest BCUT2D eigenvalue weighted by Gasteiger charge is -2.32. The zero-order valence-electron chi connectivity index (χ0n) is 14.0. The molecule has 1 aromatic rings. The molecular weight excluding hydrogens is 340 g/mol. The first kappa shape index (κ1) is 18.9. The summed E-state index contributed by atoms with van der Waals surface area (Å²) in [5, 5.41) is 3.55. The van der Waals surface area contributed by atoms with Crippen LogP contribution >= 0.6 is 11.6 Å². The van der Waals surface area contributed by atoms with E-state index in [2.05, 4.69) is 16.9 Å². The van der Waals surface area contributed by atoms with E-state index in [0.717, 1.165) is 18.4 Å². The number of carbonyl (C=O) groups is 1. The van der Waals surface area contributed by atoms with E-state index in [-0.39, 0.29) is 12.1 Å². The number of hydrogen-bond acceptors (Lipinski definition) is 4. The lowest BCUT2D eigenvalue weighted by Crippen LogP contribution is -2.45. The molecule has 1 aromatic carbocycles. The van der Waals surface area contributed by atoms with Gasteiger partial charge >= 0.3 is 6.03 Å². The Balaban J connectivity index is 1.73. The predicted octanol–water partition coefficient (Wildman–Crippen LogP) is 3.05. The second-order valence-corrected chi connectivity index (χ2v) is 6.02. The number of amides is 2. The average Bonchev–Trinajstić information content (AvgIpc) is 2.61. The van der Waals surface area contributed by atoms with E-state index < -0.39 is 0 Å². The van der Waals surface area contributed by atoms with Crippen molar-refractivity contribution in [3.05, 3.63) is 59.6 Å². The van der Waals surface area contributed by atoms with Gasteiger partial charge in [0.25, 0.3) is 0 Å². The van der Waals surface area contributed by atoms with Crippen LogP contribution in [0, 0.1) is 0 Å². The maximum Gasteiger partial charge on any atom is 0.317 e. The third-order valence-corrected chi connectivity index (χ3v) is 4.20. The Hall–Kier alpha value is -2.47. The maximum absolute atomic E-state index is 12.3. The van der Waals surface area contributed by atoms with Gasteiger partial charge in [-0.05, 0) is 30.5 Å². The Morgan fingerprint density at radius 2 is 2.16 bits per heavy atom. The molecule has 6 nitrogen and oxygen atoms in total. The number of likely N-dealkylation sites (tertiary alicyclic amines) is 1. The molecule has 1 heterocycles. The van der Waals surface area contributed by atoms with Crippen LogP contribution in [-0.4, -0.2) is 36.3 Å². The van der Waals surface area contributed by atoms with Crippen LogP contribution in [-0.2, 0) is 11.3 Å². The Morgan fingerprint density at radius 3 is 2.84 bits per heavy atom. The van der Waals surface area contributed by atoms with Gasteiger partial charge in [-0.2, -0.15) is 0 Å². The Morgan fingerprint density at radius 1 is 1.44 bits per heavy atom. The second-order valence-electron chi connectivity index (χ2n) is 5.61. The fourth-order valence-electron chi connectivity index (χ4n) is 2.50. The first-order chi connectivity index (χ1) is 12.1. The van der Waals surface area contributed by atoms with Crippen LogP contribution < -0.4 is 11.1 Å². The molecule has 0 unspecified atom stereocenters. The summed E-state index contributed by atoms with van der Waals surface area (Å²) in [6, 6.07) is 7.37. The van der Waals surface area contributed by atoms with E-state index in [0.29, 0.717) is 30.5 Å². The summed E-state index contributed by atoms with van der Waals surface area (Å²) in [4.78, 5) is 18.1. The number of carbonyl (C=O) groups excluding carboxylic acids is 1. The fourth-order valence-corrected chi connectivity index (χ4v) is 2.70. The van der Waals surface area contributed by atoms with Gasteiger partial charge in [0, 0.05) is 43.7 Å². The van der Waals surface area contributed by atoms with E-state index in [9.17, 15) is 4.79 Å². The highest BCUT2D eigenvalue weighted by Gasteiger charge is 2.24. The van der Waals surface area contributed by atoms with Crippen molar-refractivity contribution in [3.8, 4) is 0 Å². The number of nitrogens with one attached hydrogen (secondary N) is 1. The maximum atomic E-state index is 12.3. The molecule has 0 bridgehead atoms. The molecule has 134 valence electrons. The standard InChI is InChI=1S/C18H23ClN4O2/c1-14(21-10-4-9-20)25-16-7-11-23(12-8-16)18(24)22-13-15-5-2-3-6-17(15)19/h2-6,9-10,16H,1,7-8,11-13,20H2,(H,22,24)/b9-4-,21-10?. The molecule has 2 rings (SSSR count). The van der Waals surface area contributed by atoms with Crippen molar-refractivity contribution in [2.75, 3.05) is 13.1 Å². The molecule has 1 saturated heterocycles. The number of allylic oxidation sites excluding steroid dienone is 1. The van der Waals surface area contributed by atoms with Crippen molar-refractivity contribution in [3.63, 3.8) is 0 Å². The number of nitrogens with zero attached hydrogens (tertiary/aromatic N) is 2. The second kappa shape index (κ2) is 9.74. The molecule has 7 heteroatoms. The minimum atomic E-state index is -0.0942. The molecular formula is C18H23ClN4O2. The normalized spacial score (nSPS) is 15.6. The topological polar surface area (TPSA) is 80.0 Å². The van der Waals surface area contributed by atoms with Gasteiger partial charge in [0.1, 0.15) is 6.10 Å². The van der Waals surface area contributed by atoms with Gasteiger partial charge in [0.05, 0.1) is 0 Å². The van der Waals surface area contributed by atoms with Gasteiger partial charge in [-0.15, -0.1) is 0 Å². The van der Waals surface area contributed by atoms with Crippen molar-refractivity contribution in [2.24, 2.45) is 10.7 Å². The van der Waals surface area contributed by atoms with Gasteiger partial charge in [-0.3, -0.25) is 0 Å². The van der Waals surface area contributed by atoms with Crippen LogP contribution in [0.25, 0.3) is 0 Å². The molecule has 0 radical (unpaired) electrons. The number of urea groups is 1. The number of hydrogen-bond donors (Lipinski definition) is 2. The molecule has 0 spiro atoms. The van der Waals surface area contributed by atoms with Crippen molar-refractivity contribution in [1.29, 1.82) is 0 Å². The Bertz CT molecular complexity index is 652. The van der Waals surface area contributed by atoms with Gasteiger partial charge in [0.15, 0.2) is 0 Å². The zero-order chi connectivity index (χ0) is 18.1. The van der Waals surface area contributed by atoms with Crippen molar-refractivity contribution >= 4 is 23.8 Å². The summed E-state index contributed by atoms with van der Waals surface area (Å²) in [7, 11) is 0. The summed E-state index contributed by atoms with van der Waals surface area (Å²) in [5.74, 6) is 0.347. The van der Waals surface area contributed by atoms with Crippen molar-refractivity contribution in [2.45, 2.75) is 25.5 Å². The van der Waals surface area contributed by atoms with Crippen molar-refractivity contribution < 1.29 is 9.53 Å². The van der Waals surface area contributed by atoms with E-state index in [1.165, 1.54) is 12.4 Å². The summed E-state index contributed by atoms with van der Waals surface area (Å²) in [5.41, 5.74) is 6.12. The van der Waals surface area contributed by atoms with Gasteiger partial charge < -0.3 is 20.7 Å². The van der Waals surface area contributed by atoms with E-state index in [1.54, 1.807) is 11.0 Å². The first-order valence-electron chi connectivity index (χ1n) is 8.13. The zero-order valence-corrected chi connectivity index (χ0v) is 14.8. The number of nitrogens with two attached hydrogens (primary N) is 1. The molecule has 0 atom stereocenters. The highest BCUT2D eigenvalue weighted by atomic mass is 35.5. The Labute approximate surface area is 153 Å². The number of benzene rings is 1. The molecule has 0 aliphatic carbocycles. The van der Waals surface area contributed by atoms with Gasteiger partial charge in [0.2, 0.25) is 5.88 Å². The minimum Gasteiger partial charge on any atom is -0.475 e. The number of aliphatic imine (C=N–C) groups is 1. The van der Waals surface area contributed by atoms with Gasteiger partial charge in [-0.1, -0.05) is 29.8 Å². The molecule has 2 amide bonds. The molecule has 1 fully saturated rings.